The van der Waals surface area contributed by atoms with Crippen LogP contribution >= 0.6 is 11.6 Å². The van der Waals surface area contributed by atoms with Crippen molar-refractivity contribution < 1.29 is 19.4 Å². The maximum Gasteiger partial charge on any atom is 0.308 e. The highest BCUT2D eigenvalue weighted by Gasteiger charge is 2.21. The van der Waals surface area contributed by atoms with Gasteiger partial charge in [-0.1, -0.05) is 36.7 Å². The van der Waals surface area contributed by atoms with Crippen LogP contribution in [-0.2, 0) is 20.9 Å². The van der Waals surface area contributed by atoms with Crippen molar-refractivity contribution in [2.75, 3.05) is 20.3 Å². The van der Waals surface area contributed by atoms with E-state index in [2.05, 4.69) is 0 Å². The number of carboxylic acids is 1. The summed E-state index contributed by atoms with van der Waals surface area (Å²) in [4.78, 5) is 24.4. The van der Waals surface area contributed by atoms with Crippen molar-refractivity contribution >= 4 is 23.5 Å². The van der Waals surface area contributed by atoms with E-state index in [1.54, 1.807) is 25.1 Å². The summed E-state index contributed by atoms with van der Waals surface area (Å²) in [5, 5.41) is 9.51. The quantitative estimate of drug-likeness (QED) is 0.836. The Labute approximate surface area is 123 Å². The van der Waals surface area contributed by atoms with Crippen molar-refractivity contribution in [1.29, 1.82) is 0 Å². The molecule has 0 aliphatic rings. The first-order valence-corrected chi connectivity index (χ1v) is 6.56. The molecule has 0 aliphatic carbocycles. The van der Waals surface area contributed by atoms with Gasteiger partial charge in [0.05, 0.1) is 5.92 Å². The first-order valence-electron chi connectivity index (χ1n) is 6.18. The van der Waals surface area contributed by atoms with Crippen molar-refractivity contribution in [1.82, 2.24) is 4.90 Å². The molecule has 0 radical (unpaired) electrons. The molecule has 110 valence electrons. The van der Waals surface area contributed by atoms with Crippen LogP contribution in [0.25, 0.3) is 0 Å². The minimum Gasteiger partial charge on any atom is -0.481 e. The summed E-state index contributed by atoms with van der Waals surface area (Å²) in [5.74, 6) is -1.86. The highest BCUT2D eigenvalue weighted by molar-refractivity contribution is 6.31. The number of rotatable bonds is 7. The third-order valence-corrected chi connectivity index (χ3v) is 3.22. The molecule has 0 heterocycles. The van der Waals surface area contributed by atoms with E-state index in [0.717, 1.165) is 5.56 Å². The number of hydrogen-bond donors (Lipinski definition) is 1. The Morgan fingerprint density at radius 3 is 2.60 bits per heavy atom. The monoisotopic (exact) mass is 299 g/mol. The second kappa shape index (κ2) is 7.87. The molecular formula is C14H18ClNO4. The van der Waals surface area contributed by atoms with Gasteiger partial charge >= 0.3 is 5.97 Å². The number of amides is 1. The molecule has 0 aromatic heterocycles. The zero-order chi connectivity index (χ0) is 15.1. The standard InChI is InChI=1S/C14H18ClNO4/c1-10(14(18)19)7-16(13(17)9-20-2)8-11-5-3-4-6-12(11)15/h3-6,10H,7-9H2,1-2H3,(H,18,19). The first-order chi connectivity index (χ1) is 9.45. The second-order valence-corrected chi connectivity index (χ2v) is 4.95. The molecule has 1 aromatic carbocycles. The maximum atomic E-state index is 12.0. The van der Waals surface area contributed by atoms with Crippen LogP contribution in [0.3, 0.4) is 0 Å². The van der Waals surface area contributed by atoms with Crippen molar-refractivity contribution in [2.24, 2.45) is 5.92 Å². The summed E-state index contributed by atoms with van der Waals surface area (Å²) in [6, 6.07) is 7.16. The van der Waals surface area contributed by atoms with Gasteiger partial charge in [0.2, 0.25) is 5.91 Å². The molecule has 1 rings (SSSR count). The molecule has 1 aromatic rings. The van der Waals surface area contributed by atoms with Gasteiger partial charge in [0.25, 0.3) is 0 Å². The summed E-state index contributed by atoms with van der Waals surface area (Å²) in [6.07, 6.45) is 0. The number of carbonyl (C=O) groups is 2. The molecular weight excluding hydrogens is 282 g/mol. The minimum atomic E-state index is -0.945. The van der Waals surface area contributed by atoms with Gasteiger partial charge in [0.1, 0.15) is 6.61 Å². The zero-order valence-corrected chi connectivity index (χ0v) is 12.3. The molecule has 6 heteroatoms. The van der Waals surface area contributed by atoms with Crippen molar-refractivity contribution in [3.8, 4) is 0 Å². The topological polar surface area (TPSA) is 66.8 Å². The Morgan fingerprint density at radius 2 is 2.05 bits per heavy atom. The number of benzene rings is 1. The Kier molecular flexibility index (Phi) is 6.48. The molecule has 1 N–H and O–H groups in total. The van der Waals surface area contributed by atoms with Gasteiger partial charge in [-0.3, -0.25) is 9.59 Å². The van der Waals surface area contributed by atoms with E-state index in [9.17, 15) is 9.59 Å². The third kappa shape index (κ3) is 4.83. The molecule has 0 fully saturated rings. The first kappa shape index (κ1) is 16.5. The summed E-state index contributed by atoms with van der Waals surface area (Å²) >= 11 is 6.06. The third-order valence-electron chi connectivity index (χ3n) is 2.86. The van der Waals surface area contributed by atoms with E-state index < -0.39 is 11.9 Å². The number of halogens is 1. The van der Waals surface area contributed by atoms with Crippen LogP contribution in [0.5, 0.6) is 0 Å². The second-order valence-electron chi connectivity index (χ2n) is 4.54. The fourth-order valence-corrected chi connectivity index (χ4v) is 1.91. The number of nitrogens with zero attached hydrogens (tertiary/aromatic N) is 1. The summed E-state index contributed by atoms with van der Waals surface area (Å²) in [6.45, 7) is 1.85. The molecule has 1 amide bonds. The lowest BCUT2D eigenvalue weighted by atomic mass is 10.1. The average molecular weight is 300 g/mol. The van der Waals surface area contributed by atoms with Gasteiger partial charge in [-0.05, 0) is 11.6 Å². The minimum absolute atomic E-state index is 0.0865. The fraction of sp³-hybridized carbons (Fsp3) is 0.429. The van der Waals surface area contributed by atoms with E-state index >= 15 is 0 Å². The smallest absolute Gasteiger partial charge is 0.308 e. The Balaban J connectivity index is 2.85. The van der Waals surface area contributed by atoms with Crippen LogP contribution in [0.15, 0.2) is 24.3 Å². The predicted molar refractivity (Wildman–Crippen MR) is 75.5 cm³/mol. The van der Waals surface area contributed by atoms with Gasteiger partial charge < -0.3 is 14.7 Å². The number of ether oxygens (including phenoxy) is 1. The normalized spacial score (nSPS) is 11.9. The molecule has 0 spiro atoms. The predicted octanol–water partition coefficient (Wildman–Crippen LogP) is 2.04. The molecule has 0 saturated heterocycles. The van der Waals surface area contributed by atoms with Crippen LogP contribution in [0.4, 0.5) is 0 Å². The van der Waals surface area contributed by atoms with Crippen LogP contribution in [0, 0.1) is 5.92 Å². The van der Waals surface area contributed by atoms with Crippen molar-refractivity contribution in [3.05, 3.63) is 34.9 Å². The highest BCUT2D eigenvalue weighted by atomic mass is 35.5. The highest BCUT2D eigenvalue weighted by Crippen LogP contribution is 2.18. The van der Waals surface area contributed by atoms with Crippen LogP contribution in [-0.4, -0.2) is 42.1 Å². The molecule has 0 aliphatic heterocycles. The summed E-state index contributed by atoms with van der Waals surface area (Å²) in [7, 11) is 1.42. The van der Waals surface area contributed by atoms with Gasteiger partial charge in [-0.2, -0.15) is 0 Å². The molecule has 0 bridgehead atoms. The van der Waals surface area contributed by atoms with E-state index in [-0.39, 0.29) is 25.6 Å². The Hall–Kier alpha value is -1.59. The largest absolute Gasteiger partial charge is 0.481 e. The maximum absolute atomic E-state index is 12.0. The van der Waals surface area contributed by atoms with Gasteiger partial charge in [0, 0.05) is 25.2 Å². The number of methoxy groups -OCH3 is 1. The van der Waals surface area contributed by atoms with E-state index in [4.69, 9.17) is 21.4 Å². The van der Waals surface area contributed by atoms with Gasteiger partial charge in [0.15, 0.2) is 0 Å². The molecule has 5 nitrogen and oxygen atoms in total. The molecule has 1 unspecified atom stereocenters. The van der Waals surface area contributed by atoms with E-state index in [1.165, 1.54) is 12.0 Å². The van der Waals surface area contributed by atoms with E-state index in [0.29, 0.717) is 5.02 Å². The van der Waals surface area contributed by atoms with Crippen LogP contribution in [0.2, 0.25) is 5.02 Å². The van der Waals surface area contributed by atoms with Crippen molar-refractivity contribution in [2.45, 2.75) is 13.5 Å². The molecule has 0 saturated carbocycles. The lowest BCUT2D eigenvalue weighted by Crippen LogP contribution is -2.38. The van der Waals surface area contributed by atoms with Crippen molar-refractivity contribution in [3.63, 3.8) is 0 Å². The summed E-state index contributed by atoms with van der Waals surface area (Å²) in [5.41, 5.74) is 0.774. The number of carboxylic acid groups (broad SMARTS) is 1. The van der Waals surface area contributed by atoms with E-state index in [1.807, 2.05) is 6.07 Å². The average Bonchev–Trinajstić information content (AvgIpc) is 2.40. The molecule has 20 heavy (non-hydrogen) atoms. The van der Waals surface area contributed by atoms with Crippen LogP contribution in [0.1, 0.15) is 12.5 Å². The number of hydrogen-bond acceptors (Lipinski definition) is 3. The number of carbonyl (C=O) groups excluding carboxylic acids is 1. The Bertz CT molecular complexity index is 478. The van der Waals surface area contributed by atoms with Gasteiger partial charge in [-0.25, -0.2) is 0 Å². The van der Waals surface area contributed by atoms with Crippen LogP contribution < -0.4 is 0 Å². The fourth-order valence-electron chi connectivity index (χ4n) is 1.71. The molecule has 1 atom stereocenters. The number of aliphatic carboxylic acids is 1. The lowest BCUT2D eigenvalue weighted by molar-refractivity contribution is -0.144. The lowest BCUT2D eigenvalue weighted by Gasteiger charge is -2.24. The van der Waals surface area contributed by atoms with Gasteiger partial charge in [-0.15, -0.1) is 0 Å². The Morgan fingerprint density at radius 1 is 1.40 bits per heavy atom. The SMILES string of the molecule is COCC(=O)N(Cc1ccccc1Cl)CC(C)C(=O)O. The summed E-state index contributed by atoms with van der Waals surface area (Å²) < 4.78 is 4.82. The zero-order valence-electron chi connectivity index (χ0n) is 11.5.